The van der Waals surface area contributed by atoms with Gasteiger partial charge in [0.1, 0.15) is 0 Å². The molecule has 0 N–H and O–H groups in total. The molecule has 0 aromatic heterocycles. The van der Waals surface area contributed by atoms with Crippen LogP contribution in [0, 0.1) is 0 Å². The molecule has 0 spiro atoms. The number of benzene rings is 7. The van der Waals surface area contributed by atoms with Crippen molar-refractivity contribution in [1.29, 1.82) is 0 Å². The van der Waals surface area contributed by atoms with Gasteiger partial charge in [-0.3, -0.25) is 0 Å². The first-order valence-electron chi connectivity index (χ1n) is 20.7. The molecule has 2 aliphatic rings. The molecule has 7 aromatic rings. The third-order valence-electron chi connectivity index (χ3n) is 13.0. The van der Waals surface area contributed by atoms with E-state index in [-0.39, 0.29) is 21.7 Å². The van der Waals surface area contributed by atoms with Gasteiger partial charge in [0.25, 0.3) is 0 Å². The summed E-state index contributed by atoms with van der Waals surface area (Å²) in [6, 6.07) is 57.5. The molecule has 57 heavy (non-hydrogen) atoms. The number of hydrogen-bond acceptors (Lipinski definition) is 1. The van der Waals surface area contributed by atoms with Gasteiger partial charge in [-0.1, -0.05) is 197 Å². The first kappa shape index (κ1) is 36.9. The second-order valence-electron chi connectivity index (χ2n) is 19.5. The zero-order chi connectivity index (χ0) is 40.1. The summed E-state index contributed by atoms with van der Waals surface area (Å²) in [5.74, 6) is 0. The molecule has 0 aliphatic heterocycles. The van der Waals surface area contributed by atoms with Crippen LogP contribution in [0.4, 0.5) is 17.1 Å². The van der Waals surface area contributed by atoms with Crippen LogP contribution in [0.5, 0.6) is 0 Å². The minimum Gasteiger partial charge on any atom is -0.309 e. The van der Waals surface area contributed by atoms with Crippen molar-refractivity contribution in [2.45, 2.75) is 90.9 Å². The fraction of sp³-hybridized carbons (Fsp3) is 0.250. The summed E-state index contributed by atoms with van der Waals surface area (Å²) in [6.07, 6.45) is 0. The highest BCUT2D eigenvalue weighted by molar-refractivity contribution is 5.98. The largest absolute Gasteiger partial charge is 0.309 e. The molecule has 7 aromatic carbocycles. The Morgan fingerprint density at radius 1 is 0.368 bits per heavy atom. The van der Waals surface area contributed by atoms with E-state index in [9.17, 15) is 0 Å². The van der Waals surface area contributed by atoms with Crippen molar-refractivity contribution in [3.05, 3.63) is 185 Å². The van der Waals surface area contributed by atoms with Gasteiger partial charge in [0, 0.05) is 27.6 Å². The summed E-state index contributed by atoms with van der Waals surface area (Å²) in [7, 11) is 0. The predicted octanol–water partition coefficient (Wildman–Crippen LogP) is 15.7. The summed E-state index contributed by atoms with van der Waals surface area (Å²) < 4.78 is 0. The highest BCUT2D eigenvalue weighted by Crippen LogP contribution is 2.55. The number of hydrogen-bond donors (Lipinski definition) is 0. The van der Waals surface area contributed by atoms with Crippen LogP contribution < -0.4 is 4.90 Å². The minimum absolute atomic E-state index is 0.00409. The maximum Gasteiger partial charge on any atom is 0.0540 e. The Balaban J connectivity index is 1.33. The fourth-order valence-corrected chi connectivity index (χ4v) is 9.77. The minimum atomic E-state index is -0.154. The van der Waals surface area contributed by atoms with Crippen LogP contribution in [0.1, 0.15) is 103 Å². The molecule has 0 unspecified atom stereocenters. The number of anilines is 3. The second-order valence-corrected chi connectivity index (χ2v) is 19.5. The average molecular weight is 742 g/mol. The van der Waals surface area contributed by atoms with E-state index in [0.717, 1.165) is 5.69 Å². The van der Waals surface area contributed by atoms with Gasteiger partial charge >= 0.3 is 0 Å². The van der Waals surface area contributed by atoms with Crippen molar-refractivity contribution < 1.29 is 0 Å². The Hall–Kier alpha value is -5.66. The average Bonchev–Trinajstić information content (AvgIpc) is 3.57. The smallest absolute Gasteiger partial charge is 0.0540 e. The zero-order valence-corrected chi connectivity index (χ0v) is 35.4. The van der Waals surface area contributed by atoms with E-state index in [0.29, 0.717) is 0 Å². The van der Waals surface area contributed by atoms with E-state index in [1.807, 2.05) is 0 Å². The predicted molar refractivity (Wildman–Crippen MR) is 245 cm³/mol. The van der Waals surface area contributed by atoms with Crippen LogP contribution in [0.3, 0.4) is 0 Å². The van der Waals surface area contributed by atoms with Crippen molar-refractivity contribution >= 4 is 17.1 Å². The van der Waals surface area contributed by atoms with E-state index in [2.05, 4.69) is 226 Å². The van der Waals surface area contributed by atoms with Gasteiger partial charge < -0.3 is 4.90 Å². The Bertz CT molecular complexity index is 2670. The normalized spacial score (nSPS) is 14.8. The standard InChI is InChI=1S/C56H55N/c1-53(2,3)37-32-36(33-38(34-37)54(4,5)6)40-20-13-17-28-50(40)57(39-30-31-43-41-21-11-15-26-47(41)55(7,8)49(43)35-39)51-29-18-14-23-44(51)46-25-19-24-45-42-22-12-16-27-48(42)56(9,10)52(45)46/h11-35H,1-10H3. The summed E-state index contributed by atoms with van der Waals surface area (Å²) in [4.78, 5) is 2.55. The topological polar surface area (TPSA) is 3.24 Å². The Morgan fingerprint density at radius 2 is 0.807 bits per heavy atom. The maximum absolute atomic E-state index is 2.55. The van der Waals surface area contributed by atoms with Crippen LogP contribution in [-0.2, 0) is 21.7 Å². The molecule has 0 amide bonds. The molecule has 0 fully saturated rings. The van der Waals surface area contributed by atoms with Crippen molar-refractivity contribution in [3.8, 4) is 44.5 Å². The third-order valence-corrected chi connectivity index (χ3v) is 13.0. The summed E-state index contributed by atoms with van der Waals surface area (Å²) >= 11 is 0. The van der Waals surface area contributed by atoms with Gasteiger partial charge in [-0.15, -0.1) is 0 Å². The van der Waals surface area contributed by atoms with Crippen molar-refractivity contribution in [1.82, 2.24) is 0 Å². The van der Waals surface area contributed by atoms with E-state index in [1.54, 1.807) is 0 Å². The number of rotatable bonds is 5. The Kier molecular flexibility index (Phi) is 8.38. The van der Waals surface area contributed by atoms with Gasteiger partial charge in [0.05, 0.1) is 11.4 Å². The maximum atomic E-state index is 2.55. The van der Waals surface area contributed by atoms with Crippen LogP contribution in [0.2, 0.25) is 0 Å². The van der Waals surface area contributed by atoms with Crippen LogP contribution in [0.15, 0.2) is 152 Å². The lowest BCUT2D eigenvalue weighted by molar-refractivity contribution is 0.569. The number of nitrogens with zero attached hydrogens (tertiary/aromatic N) is 1. The molecular formula is C56H55N. The van der Waals surface area contributed by atoms with E-state index in [1.165, 1.54) is 89.3 Å². The number of para-hydroxylation sites is 2. The van der Waals surface area contributed by atoms with Crippen LogP contribution >= 0.6 is 0 Å². The molecule has 0 atom stereocenters. The molecule has 0 saturated carbocycles. The Morgan fingerprint density at radius 3 is 1.40 bits per heavy atom. The highest BCUT2D eigenvalue weighted by atomic mass is 15.1. The molecule has 0 saturated heterocycles. The first-order valence-corrected chi connectivity index (χ1v) is 20.7. The summed E-state index contributed by atoms with van der Waals surface area (Å²) in [6.45, 7) is 23.5. The van der Waals surface area contributed by atoms with Gasteiger partial charge in [0.2, 0.25) is 0 Å². The fourth-order valence-electron chi connectivity index (χ4n) is 9.77. The molecule has 0 heterocycles. The Labute approximate surface area is 341 Å². The summed E-state index contributed by atoms with van der Waals surface area (Å²) in [5, 5.41) is 0. The van der Waals surface area contributed by atoms with E-state index >= 15 is 0 Å². The van der Waals surface area contributed by atoms with Crippen molar-refractivity contribution in [2.75, 3.05) is 4.90 Å². The first-order chi connectivity index (χ1) is 27.1. The molecular weight excluding hydrogens is 687 g/mol. The molecule has 1 nitrogen and oxygen atoms in total. The van der Waals surface area contributed by atoms with E-state index < -0.39 is 0 Å². The third kappa shape index (κ3) is 5.89. The molecule has 1 heteroatoms. The number of fused-ring (bicyclic) bond motifs is 6. The van der Waals surface area contributed by atoms with Crippen LogP contribution in [-0.4, -0.2) is 0 Å². The molecule has 284 valence electrons. The molecule has 9 rings (SSSR count). The quantitative estimate of drug-likeness (QED) is 0.170. The van der Waals surface area contributed by atoms with E-state index in [4.69, 9.17) is 0 Å². The van der Waals surface area contributed by atoms with Crippen LogP contribution in [0.25, 0.3) is 44.5 Å². The van der Waals surface area contributed by atoms with Crippen molar-refractivity contribution in [3.63, 3.8) is 0 Å². The van der Waals surface area contributed by atoms with Gasteiger partial charge in [0.15, 0.2) is 0 Å². The molecule has 2 aliphatic carbocycles. The molecule has 0 radical (unpaired) electrons. The second kappa shape index (κ2) is 12.9. The van der Waals surface area contributed by atoms with Gasteiger partial charge in [-0.25, -0.2) is 0 Å². The van der Waals surface area contributed by atoms with Gasteiger partial charge in [-0.2, -0.15) is 0 Å². The van der Waals surface area contributed by atoms with Crippen molar-refractivity contribution in [2.24, 2.45) is 0 Å². The SMILES string of the molecule is CC(C)(C)c1cc(-c2ccccc2N(c2ccc3c(c2)C(C)(C)c2ccccc2-3)c2ccccc2-c2cccc3c2C(C)(C)c2ccccc2-3)cc(C(C)(C)C)c1. The monoisotopic (exact) mass is 741 g/mol. The lowest BCUT2D eigenvalue weighted by atomic mass is 9.78. The summed E-state index contributed by atoms with van der Waals surface area (Å²) in [5.41, 5.74) is 21.8. The van der Waals surface area contributed by atoms with Gasteiger partial charge in [-0.05, 0) is 102 Å². The lowest BCUT2D eigenvalue weighted by Gasteiger charge is -2.33. The molecule has 0 bridgehead atoms. The lowest BCUT2D eigenvalue weighted by Crippen LogP contribution is -2.18. The highest BCUT2D eigenvalue weighted by Gasteiger charge is 2.39. The zero-order valence-electron chi connectivity index (χ0n) is 35.4.